The Kier molecular flexibility index (Phi) is 6.74. The van der Waals surface area contributed by atoms with E-state index in [1.807, 2.05) is 13.8 Å². The van der Waals surface area contributed by atoms with E-state index in [-0.39, 0.29) is 30.8 Å². The molecule has 1 heterocycles. The molecule has 1 amide bonds. The second kappa shape index (κ2) is 8.26. The van der Waals surface area contributed by atoms with Crippen molar-refractivity contribution in [2.24, 2.45) is 11.3 Å². The Balaban J connectivity index is 2.06. The number of sulfonamides is 1. The van der Waals surface area contributed by atoms with Crippen LogP contribution in [0, 0.1) is 25.2 Å². The summed E-state index contributed by atoms with van der Waals surface area (Å²) >= 11 is 0. The molecule has 9 heteroatoms. The Morgan fingerprint density at radius 2 is 1.66 bits per heavy atom. The summed E-state index contributed by atoms with van der Waals surface area (Å²) < 4.78 is 66.9. The molecular weight excluding hydrogens is 405 g/mol. The number of carbonyl (C=O) groups excluding carboxylic acids is 1. The van der Waals surface area contributed by atoms with Crippen LogP contribution in [-0.4, -0.2) is 43.9 Å². The lowest BCUT2D eigenvalue weighted by Crippen LogP contribution is -2.55. The van der Waals surface area contributed by atoms with Crippen molar-refractivity contribution in [3.8, 4) is 0 Å². The van der Waals surface area contributed by atoms with E-state index in [0.29, 0.717) is 0 Å². The zero-order chi connectivity index (χ0) is 22.2. The molecule has 1 aromatic rings. The summed E-state index contributed by atoms with van der Waals surface area (Å²) in [4.78, 5) is 12.6. The molecule has 1 fully saturated rings. The fourth-order valence-electron chi connectivity index (χ4n) is 3.43. The van der Waals surface area contributed by atoms with E-state index < -0.39 is 39.5 Å². The van der Waals surface area contributed by atoms with Gasteiger partial charge < -0.3 is 5.32 Å². The summed E-state index contributed by atoms with van der Waals surface area (Å²) in [5, 5.41) is 2.13. The van der Waals surface area contributed by atoms with Gasteiger partial charge in [-0.25, -0.2) is 8.42 Å². The van der Waals surface area contributed by atoms with Gasteiger partial charge in [-0.05, 0) is 55.4 Å². The maximum absolute atomic E-state index is 13.3. The van der Waals surface area contributed by atoms with Crippen molar-refractivity contribution in [2.75, 3.05) is 13.1 Å². The number of rotatable bonds is 4. The van der Waals surface area contributed by atoms with Crippen LogP contribution in [0.5, 0.6) is 0 Å². The predicted molar refractivity (Wildman–Crippen MR) is 105 cm³/mol. The Hall–Kier alpha value is -1.61. The highest BCUT2D eigenvalue weighted by atomic mass is 32.2. The zero-order valence-electron chi connectivity index (χ0n) is 17.4. The Bertz CT molecular complexity index is 839. The molecule has 1 saturated heterocycles. The van der Waals surface area contributed by atoms with Gasteiger partial charge in [0.25, 0.3) is 0 Å². The predicted octanol–water partition coefficient (Wildman–Crippen LogP) is 3.80. The van der Waals surface area contributed by atoms with E-state index in [4.69, 9.17) is 0 Å². The number of hydrogen-bond acceptors (Lipinski definition) is 3. The highest BCUT2D eigenvalue weighted by molar-refractivity contribution is 7.89. The molecule has 29 heavy (non-hydrogen) atoms. The first-order chi connectivity index (χ1) is 13.1. The molecular formula is C20H29F3N2O3S. The van der Waals surface area contributed by atoms with E-state index >= 15 is 0 Å². The van der Waals surface area contributed by atoms with Crippen LogP contribution < -0.4 is 5.32 Å². The van der Waals surface area contributed by atoms with Crippen molar-refractivity contribution in [1.29, 1.82) is 0 Å². The molecule has 1 aliphatic heterocycles. The van der Waals surface area contributed by atoms with Crippen LogP contribution in [0.3, 0.4) is 0 Å². The lowest BCUT2D eigenvalue weighted by molar-refractivity contribution is -0.182. The largest absolute Gasteiger partial charge is 0.409 e. The van der Waals surface area contributed by atoms with Gasteiger partial charge in [0.05, 0.1) is 4.90 Å². The van der Waals surface area contributed by atoms with Gasteiger partial charge in [0.2, 0.25) is 15.9 Å². The van der Waals surface area contributed by atoms with Gasteiger partial charge in [0, 0.05) is 19.0 Å². The van der Waals surface area contributed by atoms with E-state index in [9.17, 15) is 26.4 Å². The number of piperidine rings is 1. The number of hydrogen-bond donors (Lipinski definition) is 1. The number of alkyl halides is 3. The molecule has 0 aromatic heterocycles. The van der Waals surface area contributed by atoms with Crippen molar-refractivity contribution < 1.29 is 26.4 Å². The normalized spacial score (nSPS) is 18.5. The van der Waals surface area contributed by atoms with Crippen LogP contribution in [0.2, 0.25) is 0 Å². The van der Waals surface area contributed by atoms with Gasteiger partial charge in [-0.2, -0.15) is 17.5 Å². The molecule has 2 rings (SSSR count). The Morgan fingerprint density at radius 3 is 2.10 bits per heavy atom. The van der Waals surface area contributed by atoms with Gasteiger partial charge >= 0.3 is 6.18 Å². The number of carbonyl (C=O) groups is 1. The minimum Gasteiger partial charge on any atom is -0.344 e. The summed E-state index contributed by atoms with van der Waals surface area (Å²) in [6.07, 6.45) is -4.18. The first kappa shape index (κ1) is 23.7. The molecule has 5 nitrogen and oxygen atoms in total. The smallest absolute Gasteiger partial charge is 0.344 e. The average molecular weight is 435 g/mol. The highest BCUT2D eigenvalue weighted by Gasteiger charge is 2.48. The SMILES string of the molecule is Cc1ccc(S(=O)(=O)N2CCC(C(=O)NC(C(C)(C)C)C(F)(F)F)CC2)cc1C. The maximum Gasteiger partial charge on any atom is 0.409 e. The second-order valence-electron chi connectivity index (χ2n) is 8.77. The molecule has 164 valence electrons. The van der Waals surface area contributed by atoms with Gasteiger partial charge in [0.15, 0.2) is 0 Å². The third kappa shape index (κ3) is 5.51. The summed E-state index contributed by atoms with van der Waals surface area (Å²) in [5.41, 5.74) is 0.666. The van der Waals surface area contributed by atoms with E-state index in [2.05, 4.69) is 5.32 Å². The molecule has 0 saturated carbocycles. The molecule has 1 aromatic carbocycles. The molecule has 1 N–H and O–H groups in total. The molecule has 0 spiro atoms. The average Bonchev–Trinajstić information content (AvgIpc) is 2.59. The molecule has 1 atom stereocenters. The summed E-state index contributed by atoms with van der Waals surface area (Å²) in [5.74, 6) is -1.32. The molecule has 0 aliphatic carbocycles. The lowest BCUT2D eigenvalue weighted by atomic mass is 9.85. The lowest BCUT2D eigenvalue weighted by Gasteiger charge is -2.36. The van der Waals surface area contributed by atoms with Crippen LogP contribution in [-0.2, 0) is 14.8 Å². The monoisotopic (exact) mass is 434 g/mol. The van der Waals surface area contributed by atoms with E-state index in [1.165, 1.54) is 25.1 Å². The Labute approximate surface area is 170 Å². The first-order valence-corrected chi connectivity index (χ1v) is 11.0. The first-order valence-electron chi connectivity index (χ1n) is 9.58. The van der Waals surface area contributed by atoms with Crippen LogP contribution in [0.25, 0.3) is 0 Å². The van der Waals surface area contributed by atoms with Gasteiger partial charge in [-0.1, -0.05) is 26.8 Å². The van der Waals surface area contributed by atoms with Gasteiger partial charge in [-0.15, -0.1) is 0 Å². The van der Waals surface area contributed by atoms with Crippen molar-refractivity contribution >= 4 is 15.9 Å². The van der Waals surface area contributed by atoms with Crippen LogP contribution in [0.4, 0.5) is 13.2 Å². The number of halogens is 3. The molecule has 1 aliphatic rings. The number of aryl methyl sites for hydroxylation is 2. The number of benzene rings is 1. The molecule has 0 bridgehead atoms. The Morgan fingerprint density at radius 1 is 1.10 bits per heavy atom. The van der Waals surface area contributed by atoms with Crippen LogP contribution in [0.15, 0.2) is 23.1 Å². The minimum absolute atomic E-state index is 0.0968. The number of nitrogens with zero attached hydrogens (tertiary/aromatic N) is 1. The number of amides is 1. The van der Waals surface area contributed by atoms with Crippen LogP contribution >= 0.6 is 0 Å². The second-order valence-corrected chi connectivity index (χ2v) is 10.7. The van der Waals surface area contributed by atoms with E-state index in [1.54, 1.807) is 18.2 Å². The van der Waals surface area contributed by atoms with Crippen molar-refractivity contribution in [2.45, 2.75) is 64.6 Å². The zero-order valence-corrected chi connectivity index (χ0v) is 18.2. The van der Waals surface area contributed by atoms with Crippen molar-refractivity contribution in [3.05, 3.63) is 29.3 Å². The quantitative estimate of drug-likeness (QED) is 0.784. The summed E-state index contributed by atoms with van der Waals surface area (Å²) in [6.45, 7) is 8.18. The third-order valence-corrected chi connectivity index (χ3v) is 7.32. The maximum atomic E-state index is 13.3. The van der Waals surface area contributed by atoms with Crippen molar-refractivity contribution in [1.82, 2.24) is 9.62 Å². The van der Waals surface area contributed by atoms with Crippen LogP contribution in [0.1, 0.15) is 44.7 Å². The summed E-state index contributed by atoms with van der Waals surface area (Å²) in [7, 11) is -3.70. The topological polar surface area (TPSA) is 66.5 Å². The number of nitrogens with one attached hydrogen (secondary N) is 1. The van der Waals surface area contributed by atoms with Gasteiger partial charge in [0.1, 0.15) is 6.04 Å². The van der Waals surface area contributed by atoms with Gasteiger partial charge in [-0.3, -0.25) is 4.79 Å². The standard InChI is InChI=1S/C20H29F3N2O3S/c1-13-6-7-16(12-14(13)2)29(27,28)25-10-8-15(9-11-25)17(26)24-18(19(3,4)5)20(21,22)23/h6-7,12,15,18H,8-11H2,1-5H3,(H,24,26). The fourth-order valence-corrected chi connectivity index (χ4v) is 4.99. The summed E-state index contributed by atoms with van der Waals surface area (Å²) in [6, 6.07) is 2.94. The minimum atomic E-state index is -4.55. The molecule has 0 radical (unpaired) electrons. The third-order valence-electron chi connectivity index (χ3n) is 5.42. The highest BCUT2D eigenvalue weighted by Crippen LogP contribution is 2.34. The van der Waals surface area contributed by atoms with Crippen molar-refractivity contribution in [3.63, 3.8) is 0 Å². The fraction of sp³-hybridized carbons (Fsp3) is 0.650. The molecule has 1 unspecified atom stereocenters. The van der Waals surface area contributed by atoms with E-state index in [0.717, 1.165) is 11.1 Å².